The number of alkyl halides is 3. The predicted molar refractivity (Wildman–Crippen MR) is 81.6 cm³/mol. The van der Waals surface area contributed by atoms with Gasteiger partial charge in [0.1, 0.15) is 0 Å². The highest BCUT2D eigenvalue weighted by molar-refractivity contribution is 7.89. The van der Waals surface area contributed by atoms with Gasteiger partial charge >= 0.3 is 6.18 Å². The molecule has 23 heavy (non-hydrogen) atoms. The van der Waals surface area contributed by atoms with Gasteiger partial charge in [0.15, 0.2) is 0 Å². The highest BCUT2D eigenvalue weighted by atomic mass is 32.2. The van der Waals surface area contributed by atoms with Crippen molar-refractivity contribution in [3.8, 4) is 0 Å². The van der Waals surface area contributed by atoms with Crippen molar-refractivity contribution < 1.29 is 21.6 Å². The number of sulfonamides is 1. The second-order valence-corrected chi connectivity index (χ2v) is 8.18. The fraction of sp³-hybridized carbons (Fsp3) is 0.333. The van der Waals surface area contributed by atoms with Crippen LogP contribution in [0.2, 0.25) is 0 Å². The Morgan fingerprint density at radius 3 is 2.39 bits per heavy atom. The lowest BCUT2D eigenvalue weighted by Crippen LogP contribution is -2.30. The van der Waals surface area contributed by atoms with Gasteiger partial charge in [-0.1, -0.05) is 6.07 Å². The average Bonchev–Trinajstić information content (AvgIpc) is 3.17. The zero-order valence-electron chi connectivity index (χ0n) is 12.0. The van der Waals surface area contributed by atoms with Crippen LogP contribution in [0.5, 0.6) is 0 Å². The first-order valence-corrected chi connectivity index (χ1v) is 9.34. The van der Waals surface area contributed by atoms with E-state index in [0.29, 0.717) is 6.54 Å². The molecule has 1 aliphatic heterocycles. The van der Waals surface area contributed by atoms with E-state index in [1.165, 1.54) is 15.6 Å². The summed E-state index contributed by atoms with van der Waals surface area (Å²) in [6.07, 6.45) is -3.02. The minimum absolute atomic E-state index is 0.103. The zero-order chi connectivity index (χ0) is 16.7. The first-order valence-electron chi connectivity index (χ1n) is 7.02. The van der Waals surface area contributed by atoms with Gasteiger partial charge in [-0.15, -0.1) is 11.3 Å². The summed E-state index contributed by atoms with van der Waals surface area (Å²) in [5, 5.41) is 1.89. The molecule has 0 aliphatic carbocycles. The van der Waals surface area contributed by atoms with E-state index in [-0.39, 0.29) is 10.9 Å². The Morgan fingerprint density at radius 2 is 1.83 bits per heavy atom. The Bertz CT molecular complexity index is 768. The molecule has 0 N–H and O–H groups in total. The molecular formula is C15H14F3NO2S2. The standard InChI is InChI=1S/C15H14F3NO2S2/c16-15(17,18)11-5-7-12(8-6-11)23(20,21)19-9-1-3-13(19)14-4-2-10-22-14/h2,4-8,10,13H,1,3,9H2/t13-/m0/s1. The summed E-state index contributed by atoms with van der Waals surface area (Å²) in [6, 6.07) is 7.19. The second-order valence-electron chi connectivity index (χ2n) is 5.31. The van der Waals surface area contributed by atoms with Crippen LogP contribution in [0.1, 0.15) is 29.3 Å². The molecule has 3 nitrogen and oxygen atoms in total. The Kier molecular flexibility index (Phi) is 4.24. The van der Waals surface area contributed by atoms with E-state index >= 15 is 0 Å². The molecule has 1 aromatic heterocycles. The molecule has 0 amide bonds. The maximum atomic E-state index is 12.8. The van der Waals surface area contributed by atoms with E-state index in [1.54, 1.807) is 0 Å². The Balaban J connectivity index is 1.92. The van der Waals surface area contributed by atoms with Crippen LogP contribution < -0.4 is 0 Å². The Morgan fingerprint density at radius 1 is 1.13 bits per heavy atom. The van der Waals surface area contributed by atoms with E-state index in [1.807, 2.05) is 17.5 Å². The van der Waals surface area contributed by atoms with Crippen LogP contribution in [0.15, 0.2) is 46.7 Å². The van der Waals surface area contributed by atoms with Crippen LogP contribution in [-0.4, -0.2) is 19.3 Å². The third-order valence-corrected chi connectivity index (χ3v) is 6.76. The van der Waals surface area contributed by atoms with Gasteiger partial charge in [-0.3, -0.25) is 0 Å². The SMILES string of the molecule is O=S(=O)(c1ccc(C(F)(F)F)cc1)N1CCC[C@H]1c1cccs1. The van der Waals surface area contributed by atoms with Gasteiger partial charge in [0.05, 0.1) is 16.5 Å². The smallest absolute Gasteiger partial charge is 0.207 e. The Hall–Kier alpha value is -1.38. The second kappa shape index (κ2) is 5.92. The molecule has 0 radical (unpaired) electrons. The van der Waals surface area contributed by atoms with Gasteiger partial charge in [-0.25, -0.2) is 8.42 Å². The molecule has 2 aromatic rings. The quantitative estimate of drug-likeness (QED) is 0.818. The van der Waals surface area contributed by atoms with E-state index in [4.69, 9.17) is 0 Å². The van der Waals surface area contributed by atoms with Crippen LogP contribution in [0.25, 0.3) is 0 Å². The molecule has 1 aromatic carbocycles. The lowest BCUT2D eigenvalue weighted by molar-refractivity contribution is -0.137. The Labute approximate surface area is 136 Å². The molecule has 8 heteroatoms. The van der Waals surface area contributed by atoms with Crippen LogP contribution in [0, 0.1) is 0 Å². The topological polar surface area (TPSA) is 37.4 Å². The summed E-state index contributed by atoms with van der Waals surface area (Å²) in [7, 11) is -3.80. The van der Waals surface area contributed by atoms with Gasteiger partial charge in [-0.05, 0) is 48.6 Å². The van der Waals surface area contributed by atoms with Crippen molar-refractivity contribution in [3.05, 3.63) is 52.2 Å². The highest BCUT2D eigenvalue weighted by Gasteiger charge is 2.37. The van der Waals surface area contributed by atoms with E-state index in [2.05, 4.69) is 0 Å². The number of benzene rings is 1. The van der Waals surface area contributed by atoms with Crippen LogP contribution in [0.4, 0.5) is 13.2 Å². The molecule has 1 aliphatic rings. The predicted octanol–water partition coefficient (Wildman–Crippen LogP) is 4.29. The summed E-state index contributed by atoms with van der Waals surface area (Å²) in [6.45, 7) is 0.381. The molecule has 3 rings (SSSR count). The molecule has 1 fully saturated rings. The maximum absolute atomic E-state index is 12.8. The lowest BCUT2D eigenvalue weighted by Gasteiger charge is -2.23. The van der Waals surface area contributed by atoms with Crippen molar-refractivity contribution in [2.45, 2.75) is 30.0 Å². The monoisotopic (exact) mass is 361 g/mol. The van der Waals surface area contributed by atoms with E-state index in [0.717, 1.165) is 42.0 Å². The highest BCUT2D eigenvalue weighted by Crippen LogP contribution is 2.38. The summed E-state index contributed by atoms with van der Waals surface area (Å²) in [5.74, 6) is 0. The lowest BCUT2D eigenvalue weighted by atomic mass is 10.2. The van der Waals surface area contributed by atoms with E-state index in [9.17, 15) is 21.6 Å². The van der Waals surface area contributed by atoms with Crippen molar-refractivity contribution in [1.82, 2.24) is 4.31 Å². The number of thiophene rings is 1. The van der Waals surface area contributed by atoms with E-state index < -0.39 is 21.8 Å². The average molecular weight is 361 g/mol. The van der Waals surface area contributed by atoms with Crippen molar-refractivity contribution in [3.63, 3.8) is 0 Å². The number of hydrogen-bond donors (Lipinski definition) is 0. The number of halogens is 3. The first kappa shape index (κ1) is 16.5. The van der Waals surface area contributed by atoms with Gasteiger partial charge in [0.2, 0.25) is 10.0 Å². The fourth-order valence-electron chi connectivity index (χ4n) is 2.74. The third kappa shape index (κ3) is 3.15. The van der Waals surface area contributed by atoms with Crippen molar-refractivity contribution >= 4 is 21.4 Å². The number of nitrogens with zero attached hydrogens (tertiary/aromatic N) is 1. The van der Waals surface area contributed by atoms with Crippen LogP contribution in [0.3, 0.4) is 0 Å². The van der Waals surface area contributed by atoms with Crippen molar-refractivity contribution in [1.29, 1.82) is 0 Å². The van der Waals surface area contributed by atoms with Crippen molar-refractivity contribution in [2.75, 3.05) is 6.54 Å². The largest absolute Gasteiger partial charge is 0.416 e. The molecular weight excluding hydrogens is 347 g/mol. The normalized spacial score (nSPS) is 20.0. The van der Waals surface area contributed by atoms with Crippen LogP contribution >= 0.6 is 11.3 Å². The molecule has 0 spiro atoms. The molecule has 1 atom stereocenters. The number of hydrogen-bond acceptors (Lipinski definition) is 3. The van der Waals surface area contributed by atoms with Crippen LogP contribution in [-0.2, 0) is 16.2 Å². The van der Waals surface area contributed by atoms with Crippen molar-refractivity contribution in [2.24, 2.45) is 0 Å². The summed E-state index contributed by atoms with van der Waals surface area (Å²) >= 11 is 1.49. The third-order valence-electron chi connectivity index (χ3n) is 3.86. The van der Waals surface area contributed by atoms with Gasteiger partial charge in [0.25, 0.3) is 0 Å². The minimum atomic E-state index is -4.48. The van der Waals surface area contributed by atoms with Gasteiger partial charge < -0.3 is 0 Å². The minimum Gasteiger partial charge on any atom is -0.207 e. The number of rotatable bonds is 3. The summed E-state index contributed by atoms with van der Waals surface area (Å²) in [4.78, 5) is 0.854. The first-order chi connectivity index (χ1) is 10.8. The maximum Gasteiger partial charge on any atom is 0.416 e. The molecule has 1 saturated heterocycles. The summed E-state index contributed by atoms with van der Waals surface area (Å²) < 4.78 is 64.7. The van der Waals surface area contributed by atoms with Gasteiger partial charge in [-0.2, -0.15) is 17.5 Å². The molecule has 0 saturated carbocycles. The van der Waals surface area contributed by atoms with Gasteiger partial charge in [0, 0.05) is 11.4 Å². The fourth-order valence-corrected chi connectivity index (χ4v) is 5.36. The molecule has 124 valence electrons. The summed E-state index contributed by atoms with van der Waals surface area (Å²) in [5.41, 5.74) is -0.854. The molecule has 0 bridgehead atoms. The molecule has 2 heterocycles. The molecule has 0 unspecified atom stereocenters. The zero-order valence-corrected chi connectivity index (χ0v) is 13.6.